The zero-order valence-corrected chi connectivity index (χ0v) is 11.9. The van der Waals surface area contributed by atoms with Gasteiger partial charge < -0.3 is 0 Å². The number of allylic oxidation sites excluding steroid dienone is 3. The zero-order chi connectivity index (χ0) is 11.4. The fourth-order valence-corrected chi connectivity index (χ4v) is 1.88. The number of halogens is 2. The Kier molecular flexibility index (Phi) is 6.08. The van der Waals surface area contributed by atoms with E-state index in [-0.39, 0.29) is 4.87 Å². The molecule has 0 fully saturated rings. The summed E-state index contributed by atoms with van der Waals surface area (Å²) < 4.78 is 0. The number of hydrogen-bond acceptors (Lipinski definition) is 0. The van der Waals surface area contributed by atoms with Crippen LogP contribution in [-0.4, -0.2) is 10.2 Å². The highest BCUT2D eigenvalue weighted by Gasteiger charge is 2.26. The van der Waals surface area contributed by atoms with Gasteiger partial charge in [-0.2, -0.15) is 0 Å². The van der Waals surface area contributed by atoms with Gasteiger partial charge in [-0.05, 0) is 40.5 Å². The van der Waals surface area contributed by atoms with E-state index in [4.69, 9.17) is 11.6 Å². The van der Waals surface area contributed by atoms with Gasteiger partial charge in [-0.15, -0.1) is 11.6 Å². The van der Waals surface area contributed by atoms with Crippen LogP contribution >= 0.6 is 27.5 Å². The van der Waals surface area contributed by atoms with Crippen LogP contribution in [0, 0.1) is 0 Å². The molecule has 0 amide bonds. The highest BCUT2D eigenvalue weighted by atomic mass is 79.9. The molecule has 1 atom stereocenters. The average Bonchev–Trinajstić information content (AvgIpc) is 2.12. The summed E-state index contributed by atoms with van der Waals surface area (Å²) in [5, 5.41) is 0.771. The third kappa shape index (κ3) is 4.18. The van der Waals surface area contributed by atoms with E-state index in [0.717, 1.165) is 23.7 Å². The maximum Gasteiger partial charge on any atom is 0.0749 e. The Hall–Kier alpha value is 0.250. The van der Waals surface area contributed by atoms with E-state index in [2.05, 4.69) is 43.3 Å². The Labute approximate surface area is 102 Å². The van der Waals surface area contributed by atoms with E-state index in [9.17, 15) is 0 Å². The lowest BCUT2D eigenvalue weighted by molar-refractivity contribution is 0.660. The Morgan fingerprint density at radius 3 is 2.07 bits per heavy atom. The summed E-state index contributed by atoms with van der Waals surface area (Å²) in [5.74, 6) is 0. The van der Waals surface area contributed by atoms with Crippen molar-refractivity contribution in [3.05, 3.63) is 23.3 Å². The minimum Gasteiger partial charge on any atom is -0.114 e. The molecule has 0 aromatic heterocycles. The first kappa shape index (κ1) is 14.2. The molecule has 0 radical (unpaired) electrons. The van der Waals surface area contributed by atoms with Crippen LogP contribution in [0.2, 0.25) is 0 Å². The van der Waals surface area contributed by atoms with Crippen molar-refractivity contribution in [2.75, 3.05) is 5.33 Å². The van der Waals surface area contributed by atoms with Crippen molar-refractivity contribution in [3.63, 3.8) is 0 Å². The Balaban J connectivity index is 4.37. The van der Waals surface area contributed by atoms with Gasteiger partial charge in [0.25, 0.3) is 0 Å². The minimum absolute atomic E-state index is 0.281. The van der Waals surface area contributed by atoms with Gasteiger partial charge in [-0.3, -0.25) is 0 Å². The van der Waals surface area contributed by atoms with Crippen LogP contribution in [0.4, 0.5) is 0 Å². The van der Waals surface area contributed by atoms with Gasteiger partial charge in [0, 0.05) is 5.33 Å². The molecule has 0 aliphatic carbocycles. The summed E-state index contributed by atoms with van der Waals surface area (Å²) >= 11 is 9.89. The molecule has 0 N–H and O–H groups in total. The zero-order valence-electron chi connectivity index (χ0n) is 9.58. The Morgan fingerprint density at radius 1 is 1.29 bits per heavy atom. The fraction of sp³-hybridized carbons (Fsp3) is 0.667. The molecule has 0 saturated heterocycles. The molecule has 0 aliphatic heterocycles. The van der Waals surface area contributed by atoms with Crippen molar-refractivity contribution in [2.45, 2.75) is 45.4 Å². The van der Waals surface area contributed by atoms with E-state index in [1.165, 1.54) is 11.1 Å². The first-order chi connectivity index (χ1) is 6.33. The number of rotatable bonds is 5. The van der Waals surface area contributed by atoms with E-state index in [0.29, 0.717) is 0 Å². The van der Waals surface area contributed by atoms with Gasteiger partial charge in [-0.25, -0.2) is 0 Å². The van der Waals surface area contributed by atoms with Crippen LogP contribution < -0.4 is 0 Å². The third-order valence-corrected chi connectivity index (χ3v) is 4.65. The molecule has 0 spiro atoms. The third-order valence-electron chi connectivity index (χ3n) is 2.73. The molecular formula is C12H20BrCl. The predicted molar refractivity (Wildman–Crippen MR) is 70.5 cm³/mol. The molecule has 14 heavy (non-hydrogen) atoms. The SMILES string of the molecule is C=C(C)C(Cl)(CBr)CCC(C)=C(C)C. The topological polar surface area (TPSA) is 0 Å². The maximum absolute atomic E-state index is 6.44. The van der Waals surface area contributed by atoms with Gasteiger partial charge in [0.1, 0.15) is 0 Å². The fourth-order valence-electron chi connectivity index (χ4n) is 1.03. The van der Waals surface area contributed by atoms with Crippen LogP contribution in [0.1, 0.15) is 40.5 Å². The lowest BCUT2D eigenvalue weighted by atomic mass is 9.94. The molecule has 0 bridgehead atoms. The van der Waals surface area contributed by atoms with Gasteiger partial charge in [0.05, 0.1) is 4.87 Å². The summed E-state index contributed by atoms with van der Waals surface area (Å²) in [6, 6.07) is 0. The monoisotopic (exact) mass is 278 g/mol. The highest BCUT2D eigenvalue weighted by Crippen LogP contribution is 2.32. The molecule has 0 aromatic carbocycles. The lowest BCUT2D eigenvalue weighted by Gasteiger charge is -2.25. The van der Waals surface area contributed by atoms with Crippen molar-refractivity contribution in [1.82, 2.24) is 0 Å². The van der Waals surface area contributed by atoms with Crippen LogP contribution in [-0.2, 0) is 0 Å². The summed E-state index contributed by atoms with van der Waals surface area (Å²) in [4.78, 5) is -0.281. The van der Waals surface area contributed by atoms with Crippen molar-refractivity contribution in [3.8, 4) is 0 Å². The quantitative estimate of drug-likeness (QED) is 0.487. The van der Waals surface area contributed by atoms with Gasteiger partial charge in [0.15, 0.2) is 0 Å². The lowest BCUT2D eigenvalue weighted by Crippen LogP contribution is -2.24. The Morgan fingerprint density at radius 2 is 1.79 bits per heavy atom. The minimum atomic E-state index is -0.281. The molecule has 0 aliphatic rings. The summed E-state index contributed by atoms with van der Waals surface area (Å²) in [5.41, 5.74) is 3.86. The summed E-state index contributed by atoms with van der Waals surface area (Å²) in [7, 11) is 0. The van der Waals surface area contributed by atoms with Crippen molar-refractivity contribution < 1.29 is 0 Å². The molecule has 0 nitrogen and oxygen atoms in total. The summed E-state index contributed by atoms with van der Waals surface area (Å²) in [6.07, 6.45) is 2.00. The van der Waals surface area contributed by atoms with Gasteiger partial charge >= 0.3 is 0 Å². The van der Waals surface area contributed by atoms with E-state index in [1.54, 1.807) is 0 Å². The standard InChI is InChI=1S/C12H20BrCl/c1-9(2)11(5)6-7-12(14,8-13)10(3)4/h3,6-8H2,1-2,4-5H3. The van der Waals surface area contributed by atoms with Gasteiger partial charge in [-0.1, -0.05) is 39.2 Å². The molecule has 82 valence electrons. The molecule has 0 rings (SSSR count). The smallest absolute Gasteiger partial charge is 0.0749 e. The second-order valence-corrected chi connectivity index (χ2v) is 5.44. The first-order valence-corrected chi connectivity index (χ1v) is 6.37. The van der Waals surface area contributed by atoms with Crippen LogP contribution in [0.15, 0.2) is 23.3 Å². The number of hydrogen-bond donors (Lipinski definition) is 0. The van der Waals surface area contributed by atoms with Gasteiger partial charge in [0.2, 0.25) is 0 Å². The molecule has 1 unspecified atom stereocenters. The first-order valence-electron chi connectivity index (χ1n) is 4.87. The number of alkyl halides is 2. The summed E-state index contributed by atoms with van der Waals surface area (Å²) in [6.45, 7) is 12.4. The molecule has 0 heterocycles. The second-order valence-electron chi connectivity index (χ2n) is 4.16. The van der Waals surface area contributed by atoms with Crippen molar-refractivity contribution >= 4 is 27.5 Å². The van der Waals surface area contributed by atoms with Crippen molar-refractivity contribution in [1.29, 1.82) is 0 Å². The normalized spacial score (nSPS) is 14.7. The van der Waals surface area contributed by atoms with Crippen LogP contribution in [0.3, 0.4) is 0 Å². The van der Waals surface area contributed by atoms with E-state index >= 15 is 0 Å². The van der Waals surface area contributed by atoms with Crippen LogP contribution in [0.5, 0.6) is 0 Å². The van der Waals surface area contributed by atoms with E-state index < -0.39 is 0 Å². The molecule has 0 aromatic rings. The predicted octanol–water partition coefficient (Wildman–Crippen LogP) is 5.07. The average molecular weight is 280 g/mol. The van der Waals surface area contributed by atoms with Crippen LogP contribution in [0.25, 0.3) is 0 Å². The molecule has 2 heteroatoms. The highest BCUT2D eigenvalue weighted by molar-refractivity contribution is 9.09. The van der Waals surface area contributed by atoms with E-state index in [1.807, 2.05) is 6.92 Å². The maximum atomic E-state index is 6.44. The second kappa shape index (κ2) is 5.97. The largest absolute Gasteiger partial charge is 0.114 e. The van der Waals surface area contributed by atoms with Crippen molar-refractivity contribution in [2.24, 2.45) is 0 Å². The Bertz CT molecular complexity index is 239. The molecular weight excluding hydrogens is 259 g/mol. The molecule has 0 saturated carbocycles.